The third kappa shape index (κ3) is 4.73. The van der Waals surface area contributed by atoms with Gasteiger partial charge in [0, 0.05) is 43.7 Å². The molecule has 0 radical (unpaired) electrons. The number of pyridine rings is 2. The van der Waals surface area contributed by atoms with E-state index in [0.29, 0.717) is 39.3 Å². The van der Waals surface area contributed by atoms with Crippen LogP contribution < -0.4 is 5.56 Å². The predicted octanol–water partition coefficient (Wildman–Crippen LogP) is 5.87. The van der Waals surface area contributed by atoms with Gasteiger partial charge < -0.3 is 4.90 Å². The zero-order valence-corrected chi connectivity index (χ0v) is 22.4. The van der Waals surface area contributed by atoms with Crippen LogP contribution in [0.3, 0.4) is 0 Å². The van der Waals surface area contributed by atoms with Crippen molar-refractivity contribution in [2.45, 2.75) is 38.7 Å². The molecule has 0 saturated heterocycles. The highest BCUT2D eigenvalue weighted by Gasteiger charge is 2.43. The maximum atomic E-state index is 15.4. The lowest BCUT2D eigenvalue weighted by atomic mass is 10.0. The molecule has 5 rings (SSSR count). The first-order chi connectivity index (χ1) is 18.5. The van der Waals surface area contributed by atoms with Gasteiger partial charge in [0.15, 0.2) is 0 Å². The summed E-state index contributed by atoms with van der Waals surface area (Å²) in [6.07, 6.45) is 3.41. The molecule has 1 unspecified atom stereocenters. The topological polar surface area (TPSA) is 73.0 Å². The number of rotatable bonds is 6. The maximum absolute atomic E-state index is 15.4. The van der Waals surface area contributed by atoms with Crippen molar-refractivity contribution in [1.82, 2.24) is 24.2 Å². The van der Waals surface area contributed by atoms with Crippen molar-refractivity contribution in [1.29, 1.82) is 0 Å². The van der Waals surface area contributed by atoms with E-state index in [1.165, 1.54) is 34.0 Å². The Morgan fingerprint density at radius 2 is 1.90 bits per heavy atom. The van der Waals surface area contributed by atoms with Gasteiger partial charge in [-0.1, -0.05) is 17.7 Å². The van der Waals surface area contributed by atoms with Crippen LogP contribution in [0.25, 0.3) is 16.9 Å². The van der Waals surface area contributed by atoms with Crippen molar-refractivity contribution in [3.05, 3.63) is 98.1 Å². The van der Waals surface area contributed by atoms with E-state index in [1.54, 1.807) is 46.1 Å². The summed E-state index contributed by atoms with van der Waals surface area (Å²) < 4.78 is 43.3. The zero-order chi connectivity index (χ0) is 28.2. The van der Waals surface area contributed by atoms with Crippen LogP contribution >= 0.6 is 11.6 Å². The number of hydrogen-bond acceptors (Lipinski definition) is 4. The Morgan fingerprint density at radius 3 is 2.56 bits per heavy atom. The summed E-state index contributed by atoms with van der Waals surface area (Å²) in [6.45, 7) is 0.822. The van der Waals surface area contributed by atoms with E-state index in [0.717, 1.165) is 0 Å². The smallest absolute Gasteiger partial charge is 0.333 e. The van der Waals surface area contributed by atoms with E-state index < -0.39 is 23.8 Å². The minimum absolute atomic E-state index is 0.0314. The third-order valence-corrected chi connectivity index (χ3v) is 7.37. The van der Waals surface area contributed by atoms with E-state index in [1.807, 2.05) is 6.07 Å². The highest BCUT2D eigenvalue weighted by molar-refractivity contribution is 6.31. The van der Waals surface area contributed by atoms with Crippen molar-refractivity contribution in [2.75, 3.05) is 14.1 Å². The predicted molar refractivity (Wildman–Crippen MR) is 141 cm³/mol. The van der Waals surface area contributed by atoms with Gasteiger partial charge in [0.05, 0.1) is 22.6 Å². The van der Waals surface area contributed by atoms with Crippen molar-refractivity contribution in [2.24, 2.45) is 0 Å². The van der Waals surface area contributed by atoms with Crippen LogP contribution in [-0.4, -0.2) is 44.2 Å². The number of hydrogen-bond donors (Lipinski definition) is 0. The minimum Gasteiger partial charge on any atom is -0.345 e. The lowest BCUT2D eigenvalue weighted by Crippen LogP contribution is -2.23. The van der Waals surface area contributed by atoms with Gasteiger partial charge in [-0.2, -0.15) is 13.9 Å². The zero-order valence-electron chi connectivity index (χ0n) is 21.6. The summed E-state index contributed by atoms with van der Waals surface area (Å²) in [5.41, 5.74) is 2.75. The molecule has 11 heteroatoms. The second-order valence-electron chi connectivity index (χ2n) is 9.87. The lowest BCUT2D eigenvalue weighted by Gasteiger charge is -2.17. The first-order valence-corrected chi connectivity index (χ1v) is 12.6. The fourth-order valence-electron chi connectivity index (χ4n) is 4.87. The average Bonchev–Trinajstić information content (AvgIpc) is 3.52. The van der Waals surface area contributed by atoms with Gasteiger partial charge in [-0.25, -0.2) is 9.07 Å². The molecule has 2 atom stereocenters. The molecule has 1 aromatic carbocycles. The molecule has 7 nitrogen and oxygen atoms in total. The van der Waals surface area contributed by atoms with Gasteiger partial charge in [-0.05, 0) is 67.6 Å². The molecule has 39 heavy (non-hydrogen) atoms. The second-order valence-corrected chi connectivity index (χ2v) is 10.2. The standard InChI is InChI=1S/C28H25ClF3N5O2/c1-14-13-33-22(16-6-5-7-17(25(16)30)26(38)35(3)4)12-23(14)37-15(2)10-20(24(29)27(37)39)18-11-19(18)21-8-9-36(34-21)28(31)32/h5-10,12-13,18-19,28H,11H2,1-4H3/t18-,19?/m1/s1. The summed E-state index contributed by atoms with van der Waals surface area (Å²) in [5.74, 6) is -1.40. The Balaban J connectivity index is 1.53. The molecular formula is C28H25ClF3N5O2. The molecule has 0 aliphatic heterocycles. The Bertz CT molecular complexity index is 1660. The summed E-state index contributed by atoms with van der Waals surface area (Å²) in [4.78, 5) is 31.6. The third-order valence-electron chi connectivity index (χ3n) is 6.99. The van der Waals surface area contributed by atoms with Crippen molar-refractivity contribution < 1.29 is 18.0 Å². The van der Waals surface area contributed by atoms with Gasteiger partial charge in [0.25, 0.3) is 11.5 Å². The molecule has 0 spiro atoms. The maximum Gasteiger partial charge on any atom is 0.333 e. The van der Waals surface area contributed by atoms with Crippen LogP contribution in [0.15, 0.2) is 53.6 Å². The minimum atomic E-state index is -2.72. The van der Waals surface area contributed by atoms with E-state index in [2.05, 4.69) is 10.1 Å². The Kier molecular flexibility index (Phi) is 6.84. The van der Waals surface area contributed by atoms with Crippen molar-refractivity contribution >= 4 is 17.5 Å². The number of carbonyl (C=O) groups is 1. The largest absolute Gasteiger partial charge is 0.345 e. The van der Waals surface area contributed by atoms with E-state index in [-0.39, 0.29) is 33.7 Å². The van der Waals surface area contributed by atoms with Gasteiger partial charge in [0.1, 0.15) is 10.8 Å². The fraction of sp³-hybridized carbons (Fsp3) is 0.286. The molecular weight excluding hydrogens is 531 g/mol. The highest BCUT2D eigenvalue weighted by atomic mass is 35.5. The highest BCUT2D eigenvalue weighted by Crippen LogP contribution is 2.55. The Labute approximate surface area is 227 Å². The van der Waals surface area contributed by atoms with Gasteiger partial charge in [-0.15, -0.1) is 0 Å². The van der Waals surface area contributed by atoms with Gasteiger partial charge in [-0.3, -0.25) is 19.1 Å². The molecule has 4 aromatic rings. The summed E-state index contributed by atoms with van der Waals surface area (Å²) in [7, 11) is 3.08. The number of benzene rings is 1. The molecule has 0 N–H and O–H groups in total. The molecule has 202 valence electrons. The number of amides is 1. The van der Waals surface area contributed by atoms with E-state index in [9.17, 15) is 18.4 Å². The van der Waals surface area contributed by atoms with Crippen molar-refractivity contribution in [3.63, 3.8) is 0 Å². The van der Waals surface area contributed by atoms with Gasteiger partial charge in [0.2, 0.25) is 0 Å². The summed E-state index contributed by atoms with van der Waals surface area (Å²) >= 11 is 6.59. The lowest BCUT2D eigenvalue weighted by molar-refractivity contribution is 0.0561. The Hall–Kier alpha value is -3.92. The number of aromatic nitrogens is 4. The number of alkyl halides is 2. The van der Waals surface area contributed by atoms with Crippen LogP contribution in [0.2, 0.25) is 5.02 Å². The number of halogens is 4. The molecule has 1 fully saturated rings. The van der Waals surface area contributed by atoms with Crippen LogP contribution in [0.4, 0.5) is 13.2 Å². The van der Waals surface area contributed by atoms with E-state index >= 15 is 4.39 Å². The van der Waals surface area contributed by atoms with Crippen LogP contribution in [-0.2, 0) is 0 Å². The molecule has 1 saturated carbocycles. The second kappa shape index (κ2) is 10.00. The molecule has 0 bridgehead atoms. The monoisotopic (exact) mass is 555 g/mol. The van der Waals surface area contributed by atoms with Crippen LogP contribution in [0.5, 0.6) is 0 Å². The first-order valence-electron chi connectivity index (χ1n) is 12.2. The quantitative estimate of drug-likeness (QED) is 0.298. The van der Waals surface area contributed by atoms with Crippen LogP contribution in [0.1, 0.15) is 57.7 Å². The molecule has 1 aliphatic carbocycles. The first kappa shape index (κ1) is 26.7. The summed E-state index contributed by atoms with van der Waals surface area (Å²) in [5, 5.41) is 3.98. The average molecular weight is 556 g/mol. The van der Waals surface area contributed by atoms with Crippen LogP contribution in [0, 0.1) is 19.7 Å². The van der Waals surface area contributed by atoms with E-state index in [4.69, 9.17) is 11.6 Å². The fourth-order valence-corrected chi connectivity index (χ4v) is 5.15. The number of nitrogens with zero attached hydrogens (tertiary/aromatic N) is 5. The number of aryl methyl sites for hydroxylation is 2. The molecule has 3 heterocycles. The molecule has 1 amide bonds. The number of carbonyl (C=O) groups excluding carboxylic acids is 1. The SMILES string of the molecule is Cc1cnc(-c2cccc(C(=O)N(C)C)c2F)cc1-n1c(C)cc([C@@H]2CC2c2ccn(C(F)F)n2)c(Cl)c1=O. The normalized spacial score (nSPS) is 16.5. The van der Waals surface area contributed by atoms with Crippen molar-refractivity contribution in [3.8, 4) is 16.9 Å². The molecule has 1 aliphatic rings. The molecule has 3 aromatic heterocycles. The van der Waals surface area contributed by atoms with Gasteiger partial charge >= 0.3 is 6.55 Å². The Morgan fingerprint density at radius 1 is 1.15 bits per heavy atom. The summed E-state index contributed by atoms with van der Waals surface area (Å²) in [6, 6.07) is 9.48.